The highest BCUT2D eigenvalue weighted by Crippen LogP contribution is 2.33. The summed E-state index contributed by atoms with van der Waals surface area (Å²) in [4.78, 5) is 57.2. The number of amides is 2. The minimum Gasteiger partial charge on any atom is -0.457 e. The van der Waals surface area contributed by atoms with Gasteiger partial charge in [0, 0.05) is 25.8 Å². The van der Waals surface area contributed by atoms with Crippen LogP contribution in [-0.2, 0) is 38.4 Å². The molecule has 4 aromatic carbocycles. The Morgan fingerprint density at radius 2 is 1.60 bits per heavy atom. The third kappa shape index (κ3) is 8.71. The fourth-order valence-corrected chi connectivity index (χ4v) is 6.90. The van der Waals surface area contributed by atoms with E-state index >= 15 is 0 Å². The number of aryl methyl sites for hydroxylation is 1. The SMILES string of the molecule is N[C@H]1Cc2cccc(c2)Oc2ccc(cc2)C[C@@H](C(=O)CCc2ccccc2F)NC(=O)[C@H](CC(=O)N2CCC[C@@H]2c2ccccc2)CC1=O. The Kier molecular flexibility index (Phi) is 11.1. The van der Waals surface area contributed by atoms with Gasteiger partial charge in [-0.1, -0.05) is 72.8 Å². The molecule has 0 aromatic heterocycles. The smallest absolute Gasteiger partial charge is 0.224 e. The van der Waals surface area contributed by atoms with E-state index in [4.69, 9.17) is 10.5 Å². The van der Waals surface area contributed by atoms with Gasteiger partial charge < -0.3 is 20.7 Å². The van der Waals surface area contributed by atoms with Crippen molar-refractivity contribution >= 4 is 23.4 Å². The summed E-state index contributed by atoms with van der Waals surface area (Å²) in [6, 6.07) is 28.6. The van der Waals surface area contributed by atoms with Crippen LogP contribution in [0.3, 0.4) is 0 Å². The van der Waals surface area contributed by atoms with Gasteiger partial charge in [-0.3, -0.25) is 19.2 Å². The molecule has 0 aliphatic carbocycles. The van der Waals surface area contributed by atoms with Gasteiger partial charge in [0.25, 0.3) is 0 Å². The van der Waals surface area contributed by atoms with Crippen molar-refractivity contribution < 1.29 is 28.3 Å². The van der Waals surface area contributed by atoms with Crippen LogP contribution in [0.2, 0.25) is 0 Å². The van der Waals surface area contributed by atoms with E-state index in [1.165, 1.54) is 6.07 Å². The molecular weight excluding hydrogens is 633 g/mol. The molecule has 0 radical (unpaired) electrons. The predicted octanol–water partition coefficient (Wildman–Crippen LogP) is 6.06. The fraction of sp³-hybridized carbons (Fsp3) is 0.317. The first-order valence-corrected chi connectivity index (χ1v) is 17.3. The second-order valence-corrected chi connectivity index (χ2v) is 13.3. The van der Waals surface area contributed by atoms with Crippen molar-refractivity contribution in [2.45, 2.75) is 69.5 Å². The number of hydrogen-bond acceptors (Lipinski definition) is 6. The second-order valence-electron chi connectivity index (χ2n) is 13.3. The minimum atomic E-state index is -1.05. The molecule has 50 heavy (non-hydrogen) atoms. The van der Waals surface area contributed by atoms with Crippen molar-refractivity contribution in [1.29, 1.82) is 0 Å². The zero-order chi connectivity index (χ0) is 35.0. The molecule has 4 aromatic rings. The maximum atomic E-state index is 14.4. The Hall–Kier alpha value is -5.15. The van der Waals surface area contributed by atoms with Gasteiger partial charge in [0.2, 0.25) is 11.8 Å². The largest absolute Gasteiger partial charge is 0.457 e. The molecule has 1 fully saturated rings. The lowest BCUT2D eigenvalue weighted by Crippen LogP contribution is -2.47. The predicted molar refractivity (Wildman–Crippen MR) is 188 cm³/mol. The van der Waals surface area contributed by atoms with Gasteiger partial charge in [0.1, 0.15) is 17.3 Å². The van der Waals surface area contributed by atoms with Crippen molar-refractivity contribution in [2.24, 2.45) is 11.7 Å². The van der Waals surface area contributed by atoms with Crippen LogP contribution in [-0.4, -0.2) is 46.9 Å². The van der Waals surface area contributed by atoms with Crippen LogP contribution in [0, 0.1) is 11.7 Å². The molecule has 3 N–H and O–H groups in total. The molecule has 7 rings (SSSR count). The Labute approximate surface area is 291 Å². The summed E-state index contributed by atoms with van der Waals surface area (Å²) in [6.45, 7) is 0.547. The molecule has 2 amide bonds. The highest BCUT2D eigenvalue weighted by Gasteiger charge is 2.35. The maximum Gasteiger partial charge on any atom is 0.224 e. The van der Waals surface area contributed by atoms with Gasteiger partial charge in [0.15, 0.2) is 11.6 Å². The number of likely N-dealkylation sites (tertiary alicyclic amines) is 1. The molecule has 4 atom stereocenters. The molecule has 0 unspecified atom stereocenters. The van der Waals surface area contributed by atoms with Crippen molar-refractivity contribution in [3.8, 4) is 11.5 Å². The zero-order valence-electron chi connectivity index (χ0n) is 27.9. The first-order valence-electron chi connectivity index (χ1n) is 17.3. The number of carbonyl (C=O) groups excluding carboxylic acids is 4. The summed E-state index contributed by atoms with van der Waals surface area (Å²) in [5.41, 5.74) is 9.41. The number of benzene rings is 4. The van der Waals surface area contributed by atoms with Gasteiger partial charge >= 0.3 is 0 Å². The average Bonchev–Trinajstić information content (AvgIpc) is 3.62. The van der Waals surface area contributed by atoms with Crippen LogP contribution in [0.1, 0.15) is 60.4 Å². The van der Waals surface area contributed by atoms with E-state index in [2.05, 4.69) is 5.32 Å². The molecule has 1 saturated heterocycles. The highest BCUT2D eigenvalue weighted by molar-refractivity contribution is 5.95. The van der Waals surface area contributed by atoms with Crippen molar-refractivity contribution in [3.05, 3.63) is 131 Å². The number of halogens is 1. The topological polar surface area (TPSA) is 119 Å². The van der Waals surface area contributed by atoms with Gasteiger partial charge in [-0.15, -0.1) is 0 Å². The quantitative estimate of drug-likeness (QED) is 0.246. The molecule has 4 bridgehead atoms. The number of nitrogens with one attached hydrogen (secondary N) is 1. The molecule has 0 spiro atoms. The summed E-state index contributed by atoms with van der Waals surface area (Å²) in [6.07, 6.45) is 1.69. The number of rotatable bonds is 7. The summed E-state index contributed by atoms with van der Waals surface area (Å²) in [5.74, 6) is -1.72. The van der Waals surface area contributed by atoms with Crippen LogP contribution in [0.15, 0.2) is 103 Å². The van der Waals surface area contributed by atoms with E-state index in [-0.39, 0.29) is 62.0 Å². The van der Waals surface area contributed by atoms with Gasteiger partial charge in [-0.2, -0.15) is 0 Å². The van der Waals surface area contributed by atoms with E-state index in [0.717, 1.165) is 29.5 Å². The second kappa shape index (κ2) is 16.0. The number of nitrogens with two attached hydrogens (primary N) is 1. The lowest BCUT2D eigenvalue weighted by Gasteiger charge is -2.28. The Bertz CT molecular complexity index is 1830. The van der Waals surface area contributed by atoms with Crippen molar-refractivity contribution in [1.82, 2.24) is 10.2 Å². The van der Waals surface area contributed by atoms with E-state index in [9.17, 15) is 23.6 Å². The Balaban J connectivity index is 1.29. The molecular formula is C41H42FN3O5. The number of fused-ring (bicyclic) bond motifs is 10. The summed E-state index contributed by atoms with van der Waals surface area (Å²) in [7, 11) is 0. The number of Topliss-reactive ketones (excluding diaryl/α,β-unsaturated/α-hetero) is 2. The van der Waals surface area contributed by atoms with Gasteiger partial charge in [0.05, 0.1) is 24.0 Å². The van der Waals surface area contributed by atoms with Crippen LogP contribution in [0.5, 0.6) is 11.5 Å². The third-order valence-electron chi connectivity index (χ3n) is 9.67. The number of carbonyl (C=O) groups is 4. The first-order chi connectivity index (χ1) is 24.2. The number of ketones is 2. The minimum absolute atomic E-state index is 0.0113. The van der Waals surface area contributed by atoms with E-state index in [1.807, 2.05) is 66.7 Å². The summed E-state index contributed by atoms with van der Waals surface area (Å²) in [5, 5.41) is 2.90. The highest BCUT2D eigenvalue weighted by atomic mass is 19.1. The van der Waals surface area contributed by atoms with Crippen LogP contribution in [0.25, 0.3) is 0 Å². The first kappa shape index (κ1) is 34.7. The third-order valence-corrected chi connectivity index (χ3v) is 9.67. The Morgan fingerprint density at radius 3 is 2.38 bits per heavy atom. The standard InChI is InChI=1S/C41H42FN3O5/c42-34-13-5-4-9-29(34)17-20-38(46)36-24-27-15-18-32(19-16-27)50-33-12-6-8-28(22-33)23-35(43)39(47)25-31(41(49)44-36)26-40(48)45-21-7-14-37(45)30-10-2-1-3-11-30/h1-6,8-13,15-16,18-19,22,31,35-37H,7,14,17,20-21,23-26,43H2,(H,44,49)/t31-,35-,36-,37+/m0/s1. The maximum absolute atomic E-state index is 14.4. The lowest BCUT2D eigenvalue weighted by atomic mass is 9.90. The molecule has 258 valence electrons. The zero-order valence-corrected chi connectivity index (χ0v) is 27.9. The number of ether oxygens (including phenoxy) is 1. The molecule has 0 saturated carbocycles. The normalized spacial score (nSPS) is 21.3. The van der Waals surface area contributed by atoms with Crippen LogP contribution < -0.4 is 15.8 Å². The van der Waals surface area contributed by atoms with Crippen LogP contribution >= 0.6 is 0 Å². The van der Waals surface area contributed by atoms with Crippen LogP contribution in [0.4, 0.5) is 4.39 Å². The summed E-state index contributed by atoms with van der Waals surface area (Å²) < 4.78 is 20.5. The van der Waals surface area contributed by atoms with E-state index in [0.29, 0.717) is 23.6 Å². The molecule has 3 aliphatic rings. The summed E-state index contributed by atoms with van der Waals surface area (Å²) >= 11 is 0. The average molecular weight is 676 g/mol. The van der Waals surface area contributed by atoms with Crippen molar-refractivity contribution in [3.63, 3.8) is 0 Å². The van der Waals surface area contributed by atoms with Gasteiger partial charge in [-0.25, -0.2) is 4.39 Å². The number of hydrogen-bond donors (Lipinski definition) is 2. The fourth-order valence-electron chi connectivity index (χ4n) is 6.90. The monoisotopic (exact) mass is 675 g/mol. The molecule has 8 nitrogen and oxygen atoms in total. The lowest BCUT2D eigenvalue weighted by molar-refractivity contribution is -0.139. The molecule has 9 heteroatoms. The van der Waals surface area contributed by atoms with E-state index in [1.54, 1.807) is 35.2 Å². The van der Waals surface area contributed by atoms with Gasteiger partial charge in [-0.05, 0) is 84.7 Å². The molecule has 3 aliphatic heterocycles. The number of nitrogens with zero attached hydrogens (tertiary/aromatic N) is 1. The van der Waals surface area contributed by atoms with E-state index < -0.39 is 29.7 Å². The van der Waals surface area contributed by atoms with Crippen molar-refractivity contribution in [2.75, 3.05) is 6.54 Å². The Morgan fingerprint density at radius 1 is 0.840 bits per heavy atom. The molecule has 3 heterocycles.